The largest absolute Gasteiger partial charge is 0.508 e. The zero-order valence-electron chi connectivity index (χ0n) is 27.6. The number of phenols is 1. The number of aromatic hydroxyl groups is 1. The van der Waals surface area contributed by atoms with E-state index in [1.54, 1.807) is 30.3 Å². The number of phenolic OH excluding ortho intramolecular Hbond substituents is 1. The number of carbonyl (C=O) groups excluding carboxylic acids is 1. The summed E-state index contributed by atoms with van der Waals surface area (Å²) in [5.74, 6) is 2.90. The highest BCUT2D eigenvalue weighted by atomic mass is 16.5. The molecule has 1 aromatic rings. The quantitative estimate of drug-likeness (QED) is 0.205. The topological polar surface area (TPSA) is 66.8 Å². The van der Waals surface area contributed by atoms with Crippen molar-refractivity contribution in [1.82, 2.24) is 0 Å². The van der Waals surface area contributed by atoms with Crippen molar-refractivity contribution in [1.29, 1.82) is 0 Å². The van der Waals surface area contributed by atoms with Gasteiger partial charge in [-0.05, 0) is 146 Å². The van der Waals surface area contributed by atoms with Crippen molar-refractivity contribution in [3.8, 4) is 5.75 Å². The molecule has 0 spiro atoms. The third kappa shape index (κ3) is 4.50. The number of ether oxygens (including phenoxy) is 1. The summed E-state index contributed by atoms with van der Waals surface area (Å²) in [6.07, 6.45) is 15.0. The molecule has 5 saturated carbocycles. The summed E-state index contributed by atoms with van der Waals surface area (Å²) in [6, 6.07) is 6.85. The standard InChI is InChI=1S/C39H56O4/c1-25(2)28-16-21-39(24-40)23-22-37(6)29(34(28)39)13-14-31-36(5)19-18-32(35(3,4)30(36)17-20-38(31,37)7)43-33(42)15-10-26-8-11-27(41)12-9-26/h8-12,15,28-32,34,40-41H,1,13-14,16-24H2,2-7H3/b15-10-/t28-,29+,30-,31-,32-,34+,36-,37+,38+,39+/m0/s1. The monoisotopic (exact) mass is 588 g/mol. The Labute approximate surface area is 260 Å². The van der Waals surface area contributed by atoms with E-state index in [0.29, 0.717) is 36.2 Å². The Balaban J connectivity index is 1.23. The maximum atomic E-state index is 13.0. The lowest BCUT2D eigenvalue weighted by Crippen LogP contribution is -2.67. The molecule has 4 heteroatoms. The van der Waals surface area contributed by atoms with Gasteiger partial charge in [0.15, 0.2) is 0 Å². The summed E-state index contributed by atoms with van der Waals surface area (Å²) in [7, 11) is 0. The number of allylic oxidation sites excluding steroid dienone is 1. The second kappa shape index (κ2) is 10.5. The predicted octanol–water partition coefficient (Wildman–Crippen LogP) is 8.97. The molecule has 0 unspecified atom stereocenters. The molecule has 0 radical (unpaired) electrons. The lowest BCUT2D eigenvalue weighted by molar-refractivity contribution is -0.251. The zero-order valence-corrected chi connectivity index (χ0v) is 27.6. The minimum absolute atomic E-state index is 0.0894. The second-order valence-electron chi connectivity index (χ2n) is 16.9. The molecule has 6 rings (SSSR count). The van der Waals surface area contributed by atoms with Crippen LogP contribution in [0.4, 0.5) is 0 Å². The van der Waals surface area contributed by atoms with Crippen LogP contribution < -0.4 is 0 Å². The van der Waals surface area contributed by atoms with Crippen molar-refractivity contribution in [3.63, 3.8) is 0 Å². The number of hydrogen-bond donors (Lipinski definition) is 2. The zero-order chi connectivity index (χ0) is 31.0. The van der Waals surface area contributed by atoms with Crippen LogP contribution >= 0.6 is 0 Å². The number of rotatable bonds is 5. The lowest BCUT2D eigenvalue weighted by atomic mass is 9.32. The van der Waals surface area contributed by atoms with Crippen LogP contribution in [-0.4, -0.2) is 28.9 Å². The van der Waals surface area contributed by atoms with E-state index in [9.17, 15) is 15.0 Å². The van der Waals surface area contributed by atoms with E-state index in [2.05, 4.69) is 48.1 Å². The molecule has 2 N–H and O–H groups in total. The van der Waals surface area contributed by atoms with Crippen LogP contribution in [0.3, 0.4) is 0 Å². The highest BCUT2D eigenvalue weighted by Crippen LogP contribution is 2.77. The fraction of sp³-hybridized carbons (Fsp3) is 0.718. The Morgan fingerprint density at radius 3 is 2.30 bits per heavy atom. The number of aliphatic hydroxyl groups excluding tert-OH is 1. The Morgan fingerprint density at radius 2 is 1.63 bits per heavy atom. The first kappa shape index (κ1) is 30.9. The first-order valence-electron chi connectivity index (χ1n) is 17.2. The number of esters is 1. The number of benzene rings is 1. The molecular formula is C39H56O4. The van der Waals surface area contributed by atoms with Crippen LogP contribution in [0.25, 0.3) is 6.08 Å². The molecule has 0 aromatic heterocycles. The fourth-order valence-electron chi connectivity index (χ4n) is 12.7. The van der Waals surface area contributed by atoms with Gasteiger partial charge in [0.1, 0.15) is 11.9 Å². The van der Waals surface area contributed by atoms with Crippen LogP contribution in [0.1, 0.15) is 111 Å². The van der Waals surface area contributed by atoms with Gasteiger partial charge in [-0.25, -0.2) is 4.79 Å². The predicted molar refractivity (Wildman–Crippen MR) is 173 cm³/mol. The van der Waals surface area contributed by atoms with Gasteiger partial charge in [-0.2, -0.15) is 0 Å². The average molecular weight is 589 g/mol. The van der Waals surface area contributed by atoms with Crippen molar-refractivity contribution in [2.24, 2.45) is 56.7 Å². The summed E-state index contributed by atoms with van der Waals surface area (Å²) in [4.78, 5) is 13.0. The Hall–Kier alpha value is -2.07. The third-order valence-corrected chi connectivity index (χ3v) is 15.1. The first-order chi connectivity index (χ1) is 20.2. The van der Waals surface area contributed by atoms with Crippen LogP contribution in [0.15, 0.2) is 42.5 Å². The smallest absolute Gasteiger partial charge is 0.331 e. The molecule has 0 saturated heterocycles. The third-order valence-electron chi connectivity index (χ3n) is 15.1. The molecule has 4 nitrogen and oxygen atoms in total. The van der Waals surface area contributed by atoms with Gasteiger partial charge in [0.2, 0.25) is 0 Å². The van der Waals surface area contributed by atoms with Crippen LogP contribution in [0.2, 0.25) is 0 Å². The molecule has 5 aliphatic rings. The molecular weight excluding hydrogens is 532 g/mol. The maximum absolute atomic E-state index is 13.0. The van der Waals surface area contributed by atoms with Gasteiger partial charge >= 0.3 is 5.97 Å². The Morgan fingerprint density at radius 1 is 0.907 bits per heavy atom. The molecule has 10 atom stereocenters. The van der Waals surface area contributed by atoms with E-state index in [4.69, 9.17) is 4.74 Å². The van der Waals surface area contributed by atoms with Crippen LogP contribution in [-0.2, 0) is 9.53 Å². The normalized spacial score (nSPS) is 45.0. The van der Waals surface area contributed by atoms with Crippen LogP contribution in [0.5, 0.6) is 5.75 Å². The van der Waals surface area contributed by atoms with E-state index in [-0.39, 0.29) is 44.9 Å². The van der Waals surface area contributed by atoms with Gasteiger partial charge in [-0.3, -0.25) is 0 Å². The van der Waals surface area contributed by atoms with Gasteiger partial charge < -0.3 is 14.9 Å². The Bertz CT molecular complexity index is 1280. The summed E-state index contributed by atoms with van der Waals surface area (Å²) in [5.41, 5.74) is 2.98. The van der Waals surface area contributed by atoms with Gasteiger partial charge in [-0.15, -0.1) is 0 Å². The SMILES string of the molecule is C=C(C)[C@@H]1CC[C@]2(CO)CC[C@]3(C)[C@H](CC[C@H]4[C@@]5(C)CC[C@H](OC(=O)/C=C\c6ccc(O)cc6)C(C)(C)[C@@H]5CC[C@]43C)[C@@H]12. The van der Waals surface area contributed by atoms with E-state index >= 15 is 0 Å². The van der Waals surface area contributed by atoms with Gasteiger partial charge in [0.25, 0.3) is 0 Å². The van der Waals surface area contributed by atoms with Crippen molar-refractivity contribution in [2.45, 2.75) is 112 Å². The molecule has 0 bridgehead atoms. The molecule has 0 amide bonds. The highest BCUT2D eigenvalue weighted by molar-refractivity contribution is 5.87. The second-order valence-corrected chi connectivity index (χ2v) is 16.9. The molecule has 5 aliphatic carbocycles. The molecule has 1 aromatic carbocycles. The highest BCUT2D eigenvalue weighted by Gasteiger charge is 2.71. The molecule has 5 fully saturated rings. The van der Waals surface area contributed by atoms with Crippen molar-refractivity contribution >= 4 is 12.0 Å². The Kier molecular flexibility index (Phi) is 7.55. The summed E-state index contributed by atoms with van der Waals surface area (Å²) in [5, 5.41) is 20.3. The van der Waals surface area contributed by atoms with E-state index in [1.165, 1.54) is 50.2 Å². The van der Waals surface area contributed by atoms with Crippen LogP contribution in [0, 0.1) is 56.7 Å². The van der Waals surface area contributed by atoms with E-state index in [1.807, 2.05) is 0 Å². The molecule has 0 heterocycles. The fourth-order valence-corrected chi connectivity index (χ4v) is 12.7. The lowest BCUT2D eigenvalue weighted by Gasteiger charge is -2.73. The van der Waals surface area contributed by atoms with E-state index in [0.717, 1.165) is 31.2 Å². The molecule has 0 aliphatic heterocycles. The van der Waals surface area contributed by atoms with Gasteiger partial charge in [0, 0.05) is 18.1 Å². The van der Waals surface area contributed by atoms with E-state index < -0.39 is 0 Å². The van der Waals surface area contributed by atoms with Crippen molar-refractivity contribution in [3.05, 3.63) is 48.1 Å². The summed E-state index contributed by atoms with van der Waals surface area (Å²) in [6.45, 7) is 19.7. The van der Waals surface area contributed by atoms with Crippen molar-refractivity contribution in [2.75, 3.05) is 6.61 Å². The van der Waals surface area contributed by atoms with Gasteiger partial charge in [-0.1, -0.05) is 58.9 Å². The summed E-state index contributed by atoms with van der Waals surface area (Å²) < 4.78 is 6.21. The number of hydrogen-bond acceptors (Lipinski definition) is 4. The molecule has 43 heavy (non-hydrogen) atoms. The first-order valence-corrected chi connectivity index (χ1v) is 17.2. The summed E-state index contributed by atoms with van der Waals surface area (Å²) >= 11 is 0. The number of aliphatic hydroxyl groups is 1. The molecule has 236 valence electrons. The number of fused-ring (bicyclic) bond motifs is 7. The average Bonchev–Trinajstić information content (AvgIpc) is 3.35. The van der Waals surface area contributed by atoms with Crippen molar-refractivity contribution < 1.29 is 19.7 Å². The minimum Gasteiger partial charge on any atom is -0.508 e. The number of carbonyl (C=O) groups is 1. The van der Waals surface area contributed by atoms with Gasteiger partial charge in [0.05, 0.1) is 0 Å². The minimum atomic E-state index is -0.276. The maximum Gasteiger partial charge on any atom is 0.331 e.